The lowest BCUT2D eigenvalue weighted by molar-refractivity contribution is 0.0954. The molecule has 0 aliphatic heterocycles. The Labute approximate surface area is 159 Å². The second kappa shape index (κ2) is 8.77. The molecular weight excluding hydrogens is 368 g/mol. The van der Waals surface area contributed by atoms with E-state index in [9.17, 15) is 13.2 Å². The van der Waals surface area contributed by atoms with Crippen LogP contribution in [0.1, 0.15) is 21.5 Å². The van der Waals surface area contributed by atoms with Crippen LogP contribution in [0.4, 0.5) is 5.69 Å². The highest BCUT2D eigenvalue weighted by Gasteiger charge is 2.10. The Hall–Kier alpha value is -2.74. The molecule has 0 aliphatic rings. The first-order valence-corrected chi connectivity index (χ1v) is 10.2. The van der Waals surface area contributed by atoms with Gasteiger partial charge in [0.05, 0.1) is 26.2 Å². The molecule has 0 spiro atoms. The number of carbonyl (C=O) groups is 1. The minimum absolute atomic E-state index is 0.218. The molecule has 8 heteroatoms. The van der Waals surface area contributed by atoms with E-state index in [-0.39, 0.29) is 5.91 Å². The predicted molar refractivity (Wildman–Crippen MR) is 105 cm³/mol. The van der Waals surface area contributed by atoms with Crippen molar-refractivity contribution in [3.8, 4) is 11.5 Å². The lowest BCUT2D eigenvalue weighted by Crippen LogP contribution is -2.25. The summed E-state index contributed by atoms with van der Waals surface area (Å²) in [5.41, 5.74) is 2.61. The second-order valence-electron chi connectivity index (χ2n) is 6.10. The normalized spacial score (nSPS) is 11.0. The molecule has 7 nitrogen and oxygen atoms in total. The van der Waals surface area contributed by atoms with Gasteiger partial charge in [0.15, 0.2) is 11.5 Å². The number of anilines is 1. The Morgan fingerprint density at radius 2 is 1.74 bits per heavy atom. The van der Waals surface area contributed by atoms with Crippen molar-refractivity contribution in [2.75, 3.05) is 31.7 Å². The largest absolute Gasteiger partial charge is 0.493 e. The Kier molecular flexibility index (Phi) is 6.68. The Morgan fingerprint density at radius 1 is 1.04 bits per heavy atom. The van der Waals surface area contributed by atoms with Crippen LogP contribution in [-0.2, 0) is 16.4 Å². The number of carbonyl (C=O) groups excluding carboxylic acids is 1. The maximum atomic E-state index is 12.3. The third-order valence-corrected chi connectivity index (χ3v) is 4.52. The topological polar surface area (TPSA) is 93.7 Å². The lowest BCUT2D eigenvalue weighted by Gasteiger charge is -2.11. The van der Waals surface area contributed by atoms with Crippen molar-refractivity contribution in [1.29, 1.82) is 0 Å². The minimum atomic E-state index is -3.36. The first-order valence-electron chi connectivity index (χ1n) is 8.31. The fourth-order valence-corrected chi connectivity index (χ4v) is 3.21. The van der Waals surface area contributed by atoms with E-state index in [4.69, 9.17) is 9.47 Å². The molecule has 2 rings (SSSR count). The number of ether oxygens (including phenoxy) is 2. The molecule has 2 aromatic rings. The van der Waals surface area contributed by atoms with E-state index in [1.54, 1.807) is 39.3 Å². The van der Waals surface area contributed by atoms with Crippen LogP contribution >= 0.6 is 0 Å². The smallest absolute Gasteiger partial charge is 0.251 e. The van der Waals surface area contributed by atoms with Crippen molar-refractivity contribution < 1.29 is 22.7 Å². The third-order valence-electron chi connectivity index (χ3n) is 3.93. The van der Waals surface area contributed by atoms with Crippen molar-refractivity contribution >= 4 is 21.6 Å². The van der Waals surface area contributed by atoms with Crippen molar-refractivity contribution in [2.45, 2.75) is 13.3 Å². The SMILES string of the molecule is COc1ccc(CCNC(=O)c2ccc(NS(C)(=O)=O)c(C)c2)cc1OC. The monoisotopic (exact) mass is 392 g/mol. The van der Waals surface area contributed by atoms with E-state index in [2.05, 4.69) is 10.0 Å². The summed E-state index contributed by atoms with van der Waals surface area (Å²) in [7, 11) is -0.201. The number of methoxy groups -OCH3 is 2. The van der Waals surface area contributed by atoms with Crippen LogP contribution in [0.25, 0.3) is 0 Å². The number of sulfonamides is 1. The number of hydrogen-bond donors (Lipinski definition) is 2. The molecule has 0 aromatic heterocycles. The molecule has 0 heterocycles. The maximum Gasteiger partial charge on any atom is 0.251 e. The quantitative estimate of drug-likeness (QED) is 0.719. The number of benzene rings is 2. The van der Waals surface area contributed by atoms with Crippen LogP contribution in [0.5, 0.6) is 11.5 Å². The molecule has 146 valence electrons. The van der Waals surface area contributed by atoms with Gasteiger partial charge in [-0.25, -0.2) is 8.42 Å². The number of amides is 1. The van der Waals surface area contributed by atoms with Gasteiger partial charge in [0.1, 0.15) is 0 Å². The molecule has 0 saturated heterocycles. The summed E-state index contributed by atoms with van der Waals surface area (Å²) >= 11 is 0. The van der Waals surface area contributed by atoms with Crippen LogP contribution < -0.4 is 19.5 Å². The van der Waals surface area contributed by atoms with Gasteiger partial charge in [-0.05, 0) is 54.8 Å². The Bertz CT molecular complexity index is 926. The second-order valence-corrected chi connectivity index (χ2v) is 7.85. The summed E-state index contributed by atoms with van der Waals surface area (Å²) in [6.07, 6.45) is 1.72. The van der Waals surface area contributed by atoms with Gasteiger partial charge in [-0.1, -0.05) is 6.07 Å². The predicted octanol–water partition coefficient (Wildman–Crippen LogP) is 2.36. The van der Waals surface area contributed by atoms with Crippen LogP contribution in [0.3, 0.4) is 0 Å². The average Bonchev–Trinajstić information content (AvgIpc) is 2.62. The van der Waals surface area contributed by atoms with Crippen LogP contribution in [-0.4, -0.2) is 41.3 Å². The highest BCUT2D eigenvalue weighted by Crippen LogP contribution is 2.27. The molecule has 2 N–H and O–H groups in total. The summed E-state index contributed by atoms with van der Waals surface area (Å²) in [4.78, 5) is 12.3. The average molecular weight is 392 g/mol. The number of nitrogens with one attached hydrogen (secondary N) is 2. The number of hydrogen-bond acceptors (Lipinski definition) is 5. The van der Waals surface area contributed by atoms with Gasteiger partial charge < -0.3 is 14.8 Å². The molecule has 0 atom stereocenters. The van der Waals surface area contributed by atoms with E-state index in [0.717, 1.165) is 11.8 Å². The van der Waals surface area contributed by atoms with Gasteiger partial charge in [0.2, 0.25) is 10.0 Å². The summed E-state index contributed by atoms with van der Waals surface area (Å²) in [6, 6.07) is 10.4. The van der Waals surface area contributed by atoms with E-state index in [1.807, 2.05) is 18.2 Å². The third kappa shape index (κ3) is 5.89. The Morgan fingerprint density at radius 3 is 2.33 bits per heavy atom. The molecule has 0 aliphatic carbocycles. The standard InChI is InChI=1S/C19H24N2O5S/c1-13-11-15(6-7-16(13)21-27(4,23)24)19(22)20-10-9-14-5-8-17(25-2)18(12-14)26-3/h5-8,11-12,21H,9-10H2,1-4H3,(H,20,22). The van der Waals surface area contributed by atoms with Gasteiger partial charge >= 0.3 is 0 Å². The molecular formula is C19H24N2O5S. The van der Waals surface area contributed by atoms with E-state index in [0.29, 0.717) is 41.3 Å². The molecule has 0 fully saturated rings. The molecule has 0 radical (unpaired) electrons. The highest BCUT2D eigenvalue weighted by atomic mass is 32.2. The minimum Gasteiger partial charge on any atom is -0.493 e. The zero-order valence-electron chi connectivity index (χ0n) is 15.8. The Balaban J connectivity index is 1.97. The summed E-state index contributed by atoms with van der Waals surface area (Å²) in [5, 5.41) is 2.86. The number of rotatable bonds is 8. The first-order chi connectivity index (χ1) is 12.7. The van der Waals surface area contributed by atoms with Crippen molar-refractivity contribution in [1.82, 2.24) is 5.32 Å². The van der Waals surface area contributed by atoms with Gasteiger partial charge in [-0.2, -0.15) is 0 Å². The zero-order chi connectivity index (χ0) is 20.0. The van der Waals surface area contributed by atoms with E-state index < -0.39 is 10.0 Å². The molecule has 1 amide bonds. The molecule has 0 saturated carbocycles. The molecule has 0 unspecified atom stereocenters. The highest BCUT2D eigenvalue weighted by molar-refractivity contribution is 7.92. The summed E-state index contributed by atoms with van der Waals surface area (Å²) in [6.45, 7) is 2.20. The van der Waals surface area contributed by atoms with E-state index >= 15 is 0 Å². The lowest BCUT2D eigenvalue weighted by atomic mass is 10.1. The molecule has 27 heavy (non-hydrogen) atoms. The van der Waals surface area contributed by atoms with Crippen LogP contribution in [0.2, 0.25) is 0 Å². The molecule has 0 bridgehead atoms. The maximum absolute atomic E-state index is 12.3. The van der Waals surface area contributed by atoms with Crippen molar-refractivity contribution in [2.24, 2.45) is 0 Å². The van der Waals surface area contributed by atoms with Gasteiger partial charge in [0, 0.05) is 12.1 Å². The van der Waals surface area contributed by atoms with Gasteiger partial charge in [0.25, 0.3) is 5.91 Å². The van der Waals surface area contributed by atoms with Gasteiger partial charge in [-0.15, -0.1) is 0 Å². The van der Waals surface area contributed by atoms with Crippen LogP contribution in [0.15, 0.2) is 36.4 Å². The fourth-order valence-electron chi connectivity index (χ4n) is 2.58. The molecule has 2 aromatic carbocycles. The van der Waals surface area contributed by atoms with Gasteiger partial charge in [-0.3, -0.25) is 9.52 Å². The van der Waals surface area contributed by atoms with Crippen molar-refractivity contribution in [3.63, 3.8) is 0 Å². The summed E-state index contributed by atoms with van der Waals surface area (Å²) < 4.78 is 35.5. The zero-order valence-corrected chi connectivity index (χ0v) is 16.6. The van der Waals surface area contributed by atoms with E-state index in [1.165, 1.54) is 0 Å². The van der Waals surface area contributed by atoms with Crippen molar-refractivity contribution in [3.05, 3.63) is 53.1 Å². The number of aryl methyl sites for hydroxylation is 1. The fraction of sp³-hybridized carbons (Fsp3) is 0.316. The van der Waals surface area contributed by atoms with Crippen LogP contribution in [0, 0.1) is 6.92 Å². The first kappa shape index (κ1) is 20.6. The summed E-state index contributed by atoms with van der Waals surface area (Å²) in [5.74, 6) is 1.08.